The first kappa shape index (κ1) is 21.5. The Kier molecular flexibility index (Phi) is 6.71. The van der Waals surface area contributed by atoms with Crippen LogP contribution in [0.1, 0.15) is 79.4 Å². The molecule has 1 heterocycles. The lowest BCUT2D eigenvalue weighted by atomic mass is 9.76. The van der Waals surface area contributed by atoms with E-state index < -0.39 is 0 Å². The maximum Gasteiger partial charge on any atom is 0.329 e. The standard InChI is InChI=1S/C22H34N2O3/c1-8-21(6)15-20(23-26-18(5)25)16(3)22(7,9-2)24(21)27-17(4)19-13-11-10-12-14-19/h10-14,17,23H,8-9,15H2,1-7H3. The molecule has 0 amide bonds. The first-order chi connectivity index (χ1) is 12.7. The van der Waals surface area contributed by atoms with Crippen LogP contribution in [0.3, 0.4) is 0 Å². The highest BCUT2D eigenvalue weighted by Gasteiger charge is 2.50. The van der Waals surface area contributed by atoms with Gasteiger partial charge in [-0.25, -0.2) is 5.48 Å². The lowest BCUT2D eigenvalue weighted by molar-refractivity contribution is -0.296. The maximum absolute atomic E-state index is 11.3. The zero-order valence-electron chi connectivity index (χ0n) is 17.8. The molecule has 0 spiro atoms. The van der Waals surface area contributed by atoms with E-state index in [0.717, 1.165) is 36.1 Å². The van der Waals surface area contributed by atoms with Gasteiger partial charge in [-0.1, -0.05) is 44.2 Å². The van der Waals surface area contributed by atoms with Crippen molar-refractivity contribution in [2.45, 2.75) is 84.9 Å². The second kappa shape index (κ2) is 8.44. The van der Waals surface area contributed by atoms with Gasteiger partial charge in [-0.3, -0.25) is 9.63 Å². The van der Waals surface area contributed by atoms with Crippen LogP contribution in [-0.4, -0.2) is 22.1 Å². The topological polar surface area (TPSA) is 50.8 Å². The average molecular weight is 375 g/mol. The molecule has 0 aliphatic carbocycles. The average Bonchev–Trinajstić information content (AvgIpc) is 2.67. The minimum absolute atomic E-state index is 0.0567. The molecule has 0 radical (unpaired) electrons. The summed E-state index contributed by atoms with van der Waals surface area (Å²) in [5.74, 6) is -0.344. The molecule has 3 unspecified atom stereocenters. The molecule has 5 nitrogen and oxygen atoms in total. The van der Waals surface area contributed by atoms with Crippen molar-refractivity contribution in [3.8, 4) is 0 Å². The number of carbonyl (C=O) groups excluding carboxylic acids is 1. The Morgan fingerprint density at radius 2 is 1.85 bits per heavy atom. The molecule has 3 atom stereocenters. The van der Waals surface area contributed by atoms with Gasteiger partial charge in [0.1, 0.15) is 6.10 Å². The van der Waals surface area contributed by atoms with E-state index in [4.69, 9.17) is 9.68 Å². The first-order valence-electron chi connectivity index (χ1n) is 9.83. The largest absolute Gasteiger partial charge is 0.344 e. The number of hydrogen-bond donors (Lipinski definition) is 1. The summed E-state index contributed by atoms with van der Waals surface area (Å²) in [6.07, 6.45) is 2.45. The number of rotatable bonds is 7. The third kappa shape index (κ3) is 4.36. The van der Waals surface area contributed by atoms with Gasteiger partial charge in [0.25, 0.3) is 0 Å². The van der Waals surface area contributed by atoms with Crippen LogP contribution in [0.5, 0.6) is 0 Å². The number of hydrogen-bond acceptors (Lipinski definition) is 5. The van der Waals surface area contributed by atoms with E-state index in [1.165, 1.54) is 6.92 Å². The highest BCUT2D eigenvalue weighted by atomic mass is 16.7. The number of hydroxylamine groups is 3. The van der Waals surface area contributed by atoms with Gasteiger partial charge in [0.05, 0.1) is 11.2 Å². The van der Waals surface area contributed by atoms with Crippen molar-refractivity contribution < 1.29 is 14.5 Å². The third-order valence-electron chi connectivity index (χ3n) is 6.06. The van der Waals surface area contributed by atoms with E-state index in [9.17, 15) is 4.79 Å². The molecule has 0 saturated carbocycles. The predicted molar refractivity (Wildman–Crippen MR) is 107 cm³/mol. The minimum Gasteiger partial charge on any atom is -0.344 e. The molecule has 5 heteroatoms. The van der Waals surface area contributed by atoms with Crippen molar-refractivity contribution in [3.05, 3.63) is 47.2 Å². The zero-order chi connectivity index (χ0) is 20.2. The van der Waals surface area contributed by atoms with E-state index in [0.29, 0.717) is 0 Å². The Bertz CT molecular complexity index is 688. The summed E-state index contributed by atoms with van der Waals surface area (Å²) < 4.78 is 0. The monoisotopic (exact) mass is 374 g/mol. The fourth-order valence-electron chi connectivity index (χ4n) is 3.77. The second-order valence-electron chi connectivity index (χ2n) is 7.91. The van der Waals surface area contributed by atoms with Crippen LogP contribution in [0.25, 0.3) is 0 Å². The van der Waals surface area contributed by atoms with Crippen LogP contribution in [0.15, 0.2) is 41.6 Å². The zero-order valence-corrected chi connectivity index (χ0v) is 17.8. The third-order valence-corrected chi connectivity index (χ3v) is 6.06. The number of nitrogens with one attached hydrogen (secondary N) is 1. The van der Waals surface area contributed by atoms with Crippen LogP contribution in [0.2, 0.25) is 0 Å². The molecule has 27 heavy (non-hydrogen) atoms. The number of nitrogens with zero attached hydrogens (tertiary/aromatic N) is 1. The minimum atomic E-state index is -0.344. The smallest absolute Gasteiger partial charge is 0.329 e. The highest BCUT2D eigenvalue weighted by molar-refractivity contribution is 5.65. The van der Waals surface area contributed by atoms with Crippen LogP contribution in [0.4, 0.5) is 0 Å². The Morgan fingerprint density at radius 3 is 2.37 bits per heavy atom. The molecule has 2 rings (SSSR count). The van der Waals surface area contributed by atoms with Gasteiger partial charge in [0, 0.05) is 18.9 Å². The van der Waals surface area contributed by atoms with Gasteiger partial charge in [-0.05, 0) is 51.7 Å². The first-order valence-corrected chi connectivity index (χ1v) is 9.83. The van der Waals surface area contributed by atoms with Crippen LogP contribution < -0.4 is 5.48 Å². The normalized spacial score (nSPS) is 27.4. The molecule has 1 aliphatic heterocycles. The van der Waals surface area contributed by atoms with Gasteiger partial charge in [-0.2, -0.15) is 5.06 Å². The summed E-state index contributed by atoms with van der Waals surface area (Å²) in [7, 11) is 0. The molecular weight excluding hydrogens is 340 g/mol. The summed E-state index contributed by atoms with van der Waals surface area (Å²) in [5, 5.41) is 2.19. The molecule has 1 N–H and O–H groups in total. The van der Waals surface area contributed by atoms with Crippen molar-refractivity contribution >= 4 is 5.97 Å². The molecular formula is C22H34N2O3. The van der Waals surface area contributed by atoms with E-state index in [1.807, 2.05) is 18.2 Å². The predicted octanol–water partition coefficient (Wildman–Crippen LogP) is 5.06. The molecule has 150 valence electrons. The lowest BCUT2D eigenvalue weighted by Gasteiger charge is -2.55. The fraction of sp³-hybridized carbons (Fsp3) is 0.591. The fourth-order valence-corrected chi connectivity index (χ4v) is 3.77. The summed E-state index contributed by atoms with van der Waals surface area (Å²) in [4.78, 5) is 23.0. The van der Waals surface area contributed by atoms with Crippen molar-refractivity contribution in [3.63, 3.8) is 0 Å². The van der Waals surface area contributed by atoms with E-state index in [1.54, 1.807) is 0 Å². The Balaban J connectivity index is 2.40. The molecule has 1 aliphatic rings. The van der Waals surface area contributed by atoms with Gasteiger partial charge in [0.15, 0.2) is 0 Å². The Labute approximate surface area is 163 Å². The molecule has 1 aromatic rings. The Hall–Kier alpha value is -1.85. The SMILES string of the molecule is CCC1(C)CC(NOC(C)=O)=C(C)C(C)(CC)N1OC(C)c1ccccc1. The van der Waals surface area contributed by atoms with E-state index in [-0.39, 0.29) is 23.2 Å². The van der Waals surface area contributed by atoms with Gasteiger partial charge in [-0.15, -0.1) is 0 Å². The summed E-state index contributed by atoms with van der Waals surface area (Å²) >= 11 is 0. The molecule has 0 fully saturated rings. The second-order valence-corrected chi connectivity index (χ2v) is 7.91. The summed E-state index contributed by atoms with van der Waals surface area (Å²) in [5.41, 5.74) is 5.62. The Morgan fingerprint density at radius 1 is 1.22 bits per heavy atom. The summed E-state index contributed by atoms with van der Waals surface area (Å²) in [6, 6.07) is 10.3. The van der Waals surface area contributed by atoms with Gasteiger partial charge >= 0.3 is 5.97 Å². The lowest BCUT2D eigenvalue weighted by Crippen LogP contribution is -2.62. The molecule has 0 aromatic heterocycles. The number of benzene rings is 1. The van der Waals surface area contributed by atoms with Crippen molar-refractivity contribution in [1.82, 2.24) is 10.5 Å². The molecule has 0 saturated heterocycles. The van der Waals surface area contributed by atoms with Crippen molar-refractivity contribution in [1.29, 1.82) is 0 Å². The van der Waals surface area contributed by atoms with Crippen molar-refractivity contribution in [2.75, 3.05) is 0 Å². The van der Waals surface area contributed by atoms with Crippen LogP contribution >= 0.6 is 0 Å². The molecule has 1 aromatic carbocycles. The van der Waals surface area contributed by atoms with E-state index in [2.05, 4.69) is 64.2 Å². The number of carbonyl (C=O) groups is 1. The highest BCUT2D eigenvalue weighted by Crippen LogP contribution is 2.46. The van der Waals surface area contributed by atoms with Crippen LogP contribution in [-0.2, 0) is 14.5 Å². The molecule has 0 bridgehead atoms. The maximum atomic E-state index is 11.3. The van der Waals surface area contributed by atoms with Gasteiger partial charge < -0.3 is 4.84 Å². The van der Waals surface area contributed by atoms with Crippen LogP contribution in [0, 0.1) is 0 Å². The van der Waals surface area contributed by atoms with Gasteiger partial charge in [0.2, 0.25) is 0 Å². The van der Waals surface area contributed by atoms with E-state index >= 15 is 0 Å². The summed E-state index contributed by atoms with van der Waals surface area (Å²) in [6.45, 7) is 14.3. The quantitative estimate of drug-likeness (QED) is 0.676. The van der Waals surface area contributed by atoms with Crippen molar-refractivity contribution in [2.24, 2.45) is 0 Å².